The summed E-state index contributed by atoms with van der Waals surface area (Å²) in [5.74, 6) is 0.104. The van der Waals surface area contributed by atoms with E-state index in [9.17, 15) is 9.90 Å². The normalized spacial score (nSPS) is 26.2. The molecule has 0 saturated heterocycles. The van der Waals surface area contributed by atoms with Gasteiger partial charge in [0.25, 0.3) is 0 Å². The van der Waals surface area contributed by atoms with Crippen molar-refractivity contribution in [1.82, 2.24) is 5.32 Å². The molecule has 1 aromatic rings. The van der Waals surface area contributed by atoms with E-state index in [0.717, 1.165) is 5.56 Å². The van der Waals surface area contributed by atoms with E-state index in [1.807, 2.05) is 37.4 Å². The zero-order chi connectivity index (χ0) is 13.3. The zero-order valence-electron chi connectivity index (χ0n) is 11.1. The van der Waals surface area contributed by atoms with Gasteiger partial charge in [0.1, 0.15) is 5.78 Å². The largest absolute Gasteiger partial charge is 0.391 e. The number of nitrogens with one attached hydrogen (secondary N) is 1. The third kappa shape index (κ3) is 2.33. The van der Waals surface area contributed by atoms with Crippen LogP contribution in [0.5, 0.6) is 0 Å². The molecule has 1 aromatic carbocycles. The summed E-state index contributed by atoms with van der Waals surface area (Å²) in [6.45, 7) is 4.10. The van der Waals surface area contributed by atoms with Crippen molar-refractivity contribution in [3.05, 3.63) is 35.9 Å². The average molecular weight is 247 g/mol. The van der Waals surface area contributed by atoms with Gasteiger partial charge in [0.15, 0.2) is 0 Å². The minimum absolute atomic E-state index is 0.0346. The van der Waals surface area contributed by atoms with Gasteiger partial charge < -0.3 is 10.4 Å². The number of ketones is 1. The lowest BCUT2D eigenvalue weighted by molar-refractivity contribution is -0.112. The predicted molar refractivity (Wildman–Crippen MR) is 71.4 cm³/mol. The van der Waals surface area contributed by atoms with E-state index in [4.69, 9.17) is 0 Å². The van der Waals surface area contributed by atoms with E-state index in [-0.39, 0.29) is 23.7 Å². The van der Waals surface area contributed by atoms with Crippen LogP contribution in [0.3, 0.4) is 0 Å². The topological polar surface area (TPSA) is 49.3 Å². The van der Waals surface area contributed by atoms with Crippen LogP contribution in [0.25, 0.3) is 0 Å². The maximum absolute atomic E-state index is 11.9. The number of hydrogen-bond donors (Lipinski definition) is 2. The fourth-order valence-corrected chi connectivity index (χ4v) is 2.78. The monoisotopic (exact) mass is 247 g/mol. The molecular weight excluding hydrogens is 226 g/mol. The van der Waals surface area contributed by atoms with Crippen LogP contribution >= 0.6 is 0 Å². The van der Waals surface area contributed by atoms with Crippen molar-refractivity contribution < 1.29 is 9.90 Å². The van der Waals surface area contributed by atoms with Gasteiger partial charge >= 0.3 is 0 Å². The maximum Gasteiger partial charge on any atom is 0.147 e. The quantitative estimate of drug-likeness (QED) is 0.830. The number of benzene rings is 1. The lowest BCUT2D eigenvalue weighted by Gasteiger charge is -2.25. The van der Waals surface area contributed by atoms with Gasteiger partial charge in [-0.25, -0.2) is 0 Å². The van der Waals surface area contributed by atoms with Gasteiger partial charge in [0, 0.05) is 6.04 Å². The summed E-state index contributed by atoms with van der Waals surface area (Å²) < 4.78 is 0. The van der Waals surface area contributed by atoms with Crippen LogP contribution in [0.2, 0.25) is 0 Å². The molecule has 98 valence electrons. The van der Waals surface area contributed by atoms with Crippen LogP contribution in [-0.4, -0.2) is 30.1 Å². The number of carbonyl (C=O) groups is 1. The maximum atomic E-state index is 11.9. The molecule has 1 fully saturated rings. The van der Waals surface area contributed by atoms with E-state index in [2.05, 4.69) is 19.2 Å². The number of likely N-dealkylation sites (N-methyl/N-ethyl adjacent to an activating group) is 1. The molecule has 0 radical (unpaired) electrons. The molecule has 18 heavy (non-hydrogen) atoms. The fourth-order valence-electron chi connectivity index (χ4n) is 2.78. The molecular formula is C15H21NO2. The molecule has 1 aliphatic rings. The number of Topliss-reactive ketones (excluding diaryl/α,β-unsaturated/α-hetero) is 1. The first-order valence-electron chi connectivity index (χ1n) is 6.52. The Labute approximate surface area is 108 Å². The number of rotatable bonds is 5. The molecule has 0 heterocycles. The molecule has 0 aromatic heterocycles. The SMILES string of the molecule is CN[C@@H](C(C)C)C(O)C1C(=O)C1c1ccccc1. The molecule has 0 amide bonds. The van der Waals surface area contributed by atoms with E-state index >= 15 is 0 Å². The van der Waals surface area contributed by atoms with E-state index in [0.29, 0.717) is 5.92 Å². The van der Waals surface area contributed by atoms with Gasteiger partial charge in [-0.2, -0.15) is 0 Å². The molecule has 2 rings (SSSR count). The third-order valence-electron chi connectivity index (χ3n) is 3.83. The van der Waals surface area contributed by atoms with E-state index in [1.165, 1.54) is 0 Å². The molecule has 0 bridgehead atoms. The van der Waals surface area contributed by atoms with Crippen LogP contribution in [-0.2, 0) is 4.79 Å². The molecule has 0 aliphatic heterocycles. The van der Waals surface area contributed by atoms with E-state index < -0.39 is 6.10 Å². The Morgan fingerprint density at radius 3 is 2.33 bits per heavy atom. The van der Waals surface area contributed by atoms with Crippen LogP contribution in [0, 0.1) is 11.8 Å². The highest BCUT2D eigenvalue weighted by Gasteiger charge is 2.55. The Kier molecular flexibility index (Phi) is 3.83. The van der Waals surface area contributed by atoms with Gasteiger partial charge in [-0.3, -0.25) is 4.79 Å². The Bertz CT molecular complexity index is 416. The Hall–Kier alpha value is -1.19. The molecule has 3 heteroatoms. The van der Waals surface area contributed by atoms with Crippen molar-refractivity contribution in [1.29, 1.82) is 0 Å². The fraction of sp³-hybridized carbons (Fsp3) is 0.533. The van der Waals surface area contributed by atoms with Crippen molar-refractivity contribution in [2.24, 2.45) is 11.8 Å². The van der Waals surface area contributed by atoms with Gasteiger partial charge in [0.05, 0.1) is 17.9 Å². The molecule has 2 N–H and O–H groups in total. The van der Waals surface area contributed by atoms with Crippen molar-refractivity contribution in [3.63, 3.8) is 0 Å². The first-order valence-corrected chi connectivity index (χ1v) is 6.52. The second-order valence-corrected chi connectivity index (χ2v) is 5.37. The summed E-state index contributed by atoms with van der Waals surface area (Å²) in [5, 5.41) is 13.5. The van der Waals surface area contributed by atoms with Crippen LogP contribution < -0.4 is 5.32 Å². The van der Waals surface area contributed by atoms with Crippen LogP contribution in [0.1, 0.15) is 25.3 Å². The first kappa shape index (κ1) is 13.2. The smallest absolute Gasteiger partial charge is 0.147 e. The summed E-state index contributed by atoms with van der Waals surface area (Å²) in [6, 6.07) is 9.68. The molecule has 0 spiro atoms. The number of aliphatic hydroxyl groups excluding tert-OH is 1. The first-order chi connectivity index (χ1) is 8.57. The van der Waals surface area contributed by atoms with Crippen molar-refractivity contribution in [2.45, 2.75) is 31.9 Å². The summed E-state index contributed by atoms with van der Waals surface area (Å²) >= 11 is 0. The average Bonchev–Trinajstić information content (AvgIpc) is 3.02. The number of aliphatic hydroxyl groups is 1. The summed E-state index contributed by atoms with van der Waals surface area (Å²) in [4.78, 5) is 11.9. The number of carbonyl (C=O) groups excluding carboxylic acids is 1. The van der Waals surface area contributed by atoms with Gasteiger partial charge in [0.2, 0.25) is 0 Å². The number of hydrogen-bond acceptors (Lipinski definition) is 3. The molecule has 3 unspecified atom stereocenters. The Morgan fingerprint density at radius 1 is 1.22 bits per heavy atom. The minimum Gasteiger partial charge on any atom is -0.391 e. The highest BCUT2D eigenvalue weighted by molar-refractivity contribution is 6.05. The van der Waals surface area contributed by atoms with Crippen molar-refractivity contribution in [2.75, 3.05) is 7.05 Å². The Balaban J connectivity index is 2.10. The van der Waals surface area contributed by atoms with E-state index in [1.54, 1.807) is 0 Å². The molecule has 1 saturated carbocycles. The molecule has 1 aliphatic carbocycles. The van der Waals surface area contributed by atoms with Gasteiger partial charge in [-0.15, -0.1) is 0 Å². The van der Waals surface area contributed by atoms with Crippen molar-refractivity contribution in [3.8, 4) is 0 Å². The third-order valence-corrected chi connectivity index (χ3v) is 3.83. The Morgan fingerprint density at radius 2 is 1.83 bits per heavy atom. The van der Waals surface area contributed by atoms with Gasteiger partial charge in [-0.05, 0) is 18.5 Å². The van der Waals surface area contributed by atoms with Gasteiger partial charge in [-0.1, -0.05) is 44.2 Å². The summed E-state index contributed by atoms with van der Waals surface area (Å²) in [7, 11) is 1.83. The second kappa shape index (κ2) is 5.21. The zero-order valence-corrected chi connectivity index (χ0v) is 11.1. The predicted octanol–water partition coefficient (Wildman–Crippen LogP) is 1.57. The standard InChI is InChI=1S/C15H21NO2/c1-9(2)13(16-3)15(18)12-11(14(12)17)10-7-5-4-6-8-10/h4-9,11-13,15-16,18H,1-3H3/t11?,12?,13-,15?/m0/s1. The second-order valence-electron chi connectivity index (χ2n) is 5.37. The lowest BCUT2D eigenvalue weighted by atomic mass is 9.94. The summed E-state index contributed by atoms with van der Waals surface area (Å²) in [6.07, 6.45) is -0.604. The summed E-state index contributed by atoms with van der Waals surface area (Å²) in [5.41, 5.74) is 1.02. The molecule has 4 atom stereocenters. The minimum atomic E-state index is -0.604. The highest BCUT2D eigenvalue weighted by Crippen LogP contribution is 2.46. The lowest BCUT2D eigenvalue weighted by Crippen LogP contribution is -2.43. The highest BCUT2D eigenvalue weighted by atomic mass is 16.3. The molecule has 3 nitrogen and oxygen atoms in total. The van der Waals surface area contributed by atoms with Crippen molar-refractivity contribution >= 4 is 5.78 Å². The van der Waals surface area contributed by atoms with Crippen LogP contribution in [0.15, 0.2) is 30.3 Å². The van der Waals surface area contributed by atoms with Crippen LogP contribution in [0.4, 0.5) is 0 Å².